The van der Waals surface area contributed by atoms with E-state index in [1.807, 2.05) is 37.4 Å². The van der Waals surface area contributed by atoms with Gasteiger partial charge in [0.15, 0.2) is 11.0 Å². The summed E-state index contributed by atoms with van der Waals surface area (Å²) in [5.41, 5.74) is 0. The molecule has 0 spiro atoms. The first-order chi connectivity index (χ1) is 14.1. The van der Waals surface area contributed by atoms with Gasteiger partial charge in [-0.25, -0.2) is 4.79 Å². The molecule has 1 aromatic carbocycles. The lowest BCUT2D eigenvalue weighted by atomic mass is 10.3. The van der Waals surface area contributed by atoms with Crippen LogP contribution in [0.5, 0.6) is 5.75 Å². The first kappa shape index (κ1) is 20.5. The van der Waals surface area contributed by atoms with Crippen LogP contribution in [0.15, 0.2) is 52.0 Å². The molecule has 2 heterocycles. The SMILES string of the molecule is COC(=O)c1ccc(CNC(=O)CSc2nnc(COc3ccccc3)n2C)o1. The summed E-state index contributed by atoms with van der Waals surface area (Å²) in [7, 11) is 3.09. The Morgan fingerprint density at radius 2 is 1.97 bits per heavy atom. The Bertz CT molecular complexity index is 970. The van der Waals surface area contributed by atoms with Crippen molar-refractivity contribution in [3.63, 3.8) is 0 Å². The normalized spacial score (nSPS) is 10.6. The van der Waals surface area contributed by atoms with Gasteiger partial charge < -0.3 is 23.8 Å². The maximum Gasteiger partial charge on any atom is 0.373 e. The van der Waals surface area contributed by atoms with E-state index in [1.54, 1.807) is 10.6 Å². The zero-order valence-electron chi connectivity index (χ0n) is 16.0. The quantitative estimate of drug-likeness (QED) is 0.418. The van der Waals surface area contributed by atoms with Gasteiger partial charge >= 0.3 is 5.97 Å². The number of rotatable bonds is 9. The molecule has 2 aromatic heterocycles. The van der Waals surface area contributed by atoms with Crippen molar-refractivity contribution in [2.75, 3.05) is 12.9 Å². The predicted octanol–water partition coefficient (Wildman–Crippen LogP) is 2.18. The Balaban J connectivity index is 1.44. The van der Waals surface area contributed by atoms with Crippen molar-refractivity contribution in [3.8, 4) is 5.75 Å². The number of amides is 1. The van der Waals surface area contributed by atoms with Gasteiger partial charge in [-0.1, -0.05) is 30.0 Å². The van der Waals surface area contributed by atoms with Crippen LogP contribution >= 0.6 is 11.8 Å². The number of hydrogen-bond acceptors (Lipinski definition) is 8. The highest BCUT2D eigenvalue weighted by Gasteiger charge is 2.14. The van der Waals surface area contributed by atoms with E-state index in [9.17, 15) is 9.59 Å². The predicted molar refractivity (Wildman–Crippen MR) is 104 cm³/mol. The number of hydrogen-bond donors (Lipinski definition) is 1. The number of carbonyl (C=O) groups is 2. The molecule has 0 aliphatic rings. The van der Waals surface area contributed by atoms with Crippen LogP contribution < -0.4 is 10.1 Å². The van der Waals surface area contributed by atoms with E-state index in [2.05, 4.69) is 20.3 Å². The fourth-order valence-corrected chi connectivity index (χ4v) is 3.07. The molecule has 0 saturated heterocycles. The summed E-state index contributed by atoms with van der Waals surface area (Å²) >= 11 is 1.26. The second-order valence-corrected chi connectivity index (χ2v) is 6.82. The van der Waals surface area contributed by atoms with Gasteiger partial charge in [0.2, 0.25) is 11.7 Å². The Kier molecular flexibility index (Phi) is 6.90. The monoisotopic (exact) mass is 416 g/mol. The standard InChI is InChI=1S/C19H20N4O5S/c1-23-16(11-27-13-6-4-3-5-7-13)21-22-19(23)29-12-17(24)20-10-14-8-9-15(28-14)18(25)26-2/h3-9H,10-12H2,1-2H3,(H,20,24). The second-order valence-electron chi connectivity index (χ2n) is 5.88. The summed E-state index contributed by atoms with van der Waals surface area (Å²) in [5.74, 6) is 1.36. The fourth-order valence-electron chi connectivity index (χ4n) is 2.31. The zero-order chi connectivity index (χ0) is 20.6. The molecular formula is C19H20N4O5S. The van der Waals surface area contributed by atoms with Crippen LogP contribution in [0.2, 0.25) is 0 Å². The number of methoxy groups -OCH3 is 1. The van der Waals surface area contributed by atoms with Gasteiger partial charge in [-0.05, 0) is 24.3 Å². The van der Waals surface area contributed by atoms with Crippen molar-refractivity contribution in [2.24, 2.45) is 7.05 Å². The van der Waals surface area contributed by atoms with Gasteiger partial charge in [0, 0.05) is 7.05 Å². The Morgan fingerprint density at radius 3 is 2.72 bits per heavy atom. The molecule has 0 aliphatic heterocycles. The van der Waals surface area contributed by atoms with Crippen LogP contribution in [0.3, 0.4) is 0 Å². The first-order valence-corrected chi connectivity index (χ1v) is 9.68. The molecule has 29 heavy (non-hydrogen) atoms. The van der Waals surface area contributed by atoms with E-state index < -0.39 is 5.97 Å². The number of thioether (sulfide) groups is 1. The molecule has 0 fully saturated rings. The van der Waals surface area contributed by atoms with Crippen molar-refractivity contribution in [3.05, 3.63) is 59.8 Å². The lowest BCUT2D eigenvalue weighted by molar-refractivity contribution is -0.118. The molecule has 152 valence electrons. The molecule has 0 aliphatic carbocycles. The van der Waals surface area contributed by atoms with Crippen LogP contribution in [0.4, 0.5) is 0 Å². The Morgan fingerprint density at radius 1 is 1.17 bits per heavy atom. The number of nitrogens with one attached hydrogen (secondary N) is 1. The Hall–Kier alpha value is -3.27. The van der Waals surface area contributed by atoms with Crippen LogP contribution in [-0.2, 0) is 29.7 Å². The highest BCUT2D eigenvalue weighted by molar-refractivity contribution is 7.99. The van der Waals surface area contributed by atoms with E-state index in [0.29, 0.717) is 16.7 Å². The molecule has 0 radical (unpaired) electrons. The lowest BCUT2D eigenvalue weighted by Gasteiger charge is -2.06. The van der Waals surface area contributed by atoms with Gasteiger partial charge in [0.05, 0.1) is 19.4 Å². The third kappa shape index (κ3) is 5.61. The molecule has 0 unspecified atom stereocenters. The molecular weight excluding hydrogens is 396 g/mol. The van der Waals surface area contributed by atoms with Crippen LogP contribution in [0.25, 0.3) is 0 Å². The Labute approximate surface area is 171 Å². The van der Waals surface area contributed by atoms with Gasteiger partial charge in [-0.3, -0.25) is 4.79 Å². The number of benzene rings is 1. The largest absolute Gasteiger partial charge is 0.486 e. The topological polar surface area (TPSA) is 108 Å². The number of nitrogens with zero attached hydrogens (tertiary/aromatic N) is 3. The average Bonchev–Trinajstić information content (AvgIpc) is 3.36. The zero-order valence-corrected chi connectivity index (χ0v) is 16.8. The van der Waals surface area contributed by atoms with Gasteiger partial charge in [-0.15, -0.1) is 10.2 Å². The van der Waals surface area contributed by atoms with Crippen molar-refractivity contribution < 1.29 is 23.5 Å². The smallest absolute Gasteiger partial charge is 0.373 e. The molecule has 9 nitrogen and oxygen atoms in total. The highest BCUT2D eigenvalue weighted by Crippen LogP contribution is 2.17. The fraction of sp³-hybridized carbons (Fsp3) is 0.263. The van der Waals surface area contributed by atoms with E-state index in [-0.39, 0.29) is 30.6 Å². The summed E-state index contributed by atoms with van der Waals surface area (Å²) in [4.78, 5) is 23.4. The molecule has 3 aromatic rings. The molecule has 0 bridgehead atoms. The third-order valence-electron chi connectivity index (χ3n) is 3.88. The molecule has 10 heteroatoms. The highest BCUT2D eigenvalue weighted by atomic mass is 32.2. The number of ether oxygens (including phenoxy) is 2. The minimum atomic E-state index is -0.563. The summed E-state index contributed by atoms with van der Waals surface area (Å²) in [6.07, 6.45) is 0. The van der Waals surface area contributed by atoms with Gasteiger partial charge in [0.25, 0.3) is 0 Å². The first-order valence-electron chi connectivity index (χ1n) is 8.69. The van der Waals surface area contributed by atoms with Crippen molar-refractivity contribution in [1.82, 2.24) is 20.1 Å². The van der Waals surface area contributed by atoms with Crippen molar-refractivity contribution >= 4 is 23.6 Å². The third-order valence-corrected chi connectivity index (χ3v) is 4.90. The van der Waals surface area contributed by atoms with Crippen LogP contribution in [0, 0.1) is 0 Å². The minimum absolute atomic E-state index is 0.0930. The minimum Gasteiger partial charge on any atom is -0.486 e. The van der Waals surface area contributed by atoms with Gasteiger partial charge in [0.1, 0.15) is 18.1 Å². The van der Waals surface area contributed by atoms with E-state index >= 15 is 0 Å². The van der Waals surface area contributed by atoms with E-state index in [4.69, 9.17) is 9.15 Å². The summed E-state index contributed by atoms with van der Waals surface area (Å²) in [5, 5.41) is 11.5. The molecule has 1 amide bonds. The summed E-state index contributed by atoms with van der Waals surface area (Å²) in [6, 6.07) is 12.5. The summed E-state index contributed by atoms with van der Waals surface area (Å²) < 4.78 is 17.3. The number of aromatic nitrogens is 3. The van der Waals surface area contributed by atoms with Crippen molar-refractivity contribution in [2.45, 2.75) is 18.3 Å². The van der Waals surface area contributed by atoms with Crippen molar-refractivity contribution in [1.29, 1.82) is 0 Å². The number of esters is 1. The molecule has 1 N–H and O–H groups in total. The second kappa shape index (κ2) is 9.78. The summed E-state index contributed by atoms with van der Waals surface area (Å²) in [6.45, 7) is 0.451. The molecule has 0 atom stereocenters. The van der Waals surface area contributed by atoms with Gasteiger partial charge in [-0.2, -0.15) is 0 Å². The maximum atomic E-state index is 12.1. The number of carbonyl (C=O) groups excluding carboxylic acids is 2. The molecule has 0 saturated carbocycles. The van der Waals surface area contributed by atoms with Crippen LogP contribution in [-0.4, -0.2) is 39.5 Å². The van der Waals surface area contributed by atoms with E-state index in [1.165, 1.54) is 24.9 Å². The van der Waals surface area contributed by atoms with Crippen LogP contribution in [0.1, 0.15) is 22.1 Å². The number of para-hydroxylation sites is 1. The maximum absolute atomic E-state index is 12.1. The lowest BCUT2D eigenvalue weighted by Crippen LogP contribution is -2.24. The molecule has 3 rings (SSSR count). The average molecular weight is 416 g/mol. The number of furan rings is 1. The van der Waals surface area contributed by atoms with E-state index in [0.717, 1.165) is 5.75 Å².